The van der Waals surface area contributed by atoms with Gasteiger partial charge in [0.05, 0.1) is 0 Å². The highest BCUT2D eigenvalue weighted by Gasteiger charge is 2.29. The first kappa shape index (κ1) is 22.6. The molecule has 31 heavy (non-hydrogen) atoms. The topological polar surface area (TPSA) is 68.7 Å². The van der Waals surface area contributed by atoms with E-state index < -0.39 is 12.8 Å². The molecule has 0 bridgehead atoms. The van der Waals surface area contributed by atoms with Crippen LogP contribution in [0.4, 0.5) is 13.2 Å². The van der Waals surface area contributed by atoms with Crippen LogP contribution in [0.15, 0.2) is 42.5 Å². The van der Waals surface area contributed by atoms with Crippen LogP contribution < -0.4 is 9.47 Å². The number of amides is 1. The average molecular weight is 436 g/mol. The molecule has 0 spiro atoms. The second kappa shape index (κ2) is 9.80. The number of aromatic nitrogens is 1. The van der Waals surface area contributed by atoms with E-state index in [2.05, 4.69) is 4.98 Å². The van der Waals surface area contributed by atoms with E-state index in [4.69, 9.17) is 9.47 Å². The van der Waals surface area contributed by atoms with E-state index in [-0.39, 0.29) is 30.0 Å². The van der Waals surface area contributed by atoms with E-state index in [0.29, 0.717) is 43.1 Å². The van der Waals surface area contributed by atoms with Gasteiger partial charge >= 0.3 is 6.18 Å². The largest absolute Gasteiger partial charge is 0.490 e. The number of hydrogen-bond acceptors (Lipinski definition) is 5. The summed E-state index contributed by atoms with van der Waals surface area (Å²) in [7, 11) is 0. The molecule has 1 saturated heterocycles. The van der Waals surface area contributed by atoms with Crippen molar-refractivity contribution < 1.29 is 32.2 Å². The molecule has 2 aromatic rings. The van der Waals surface area contributed by atoms with Crippen molar-refractivity contribution >= 4 is 11.7 Å². The molecule has 0 aliphatic carbocycles. The summed E-state index contributed by atoms with van der Waals surface area (Å²) in [5.74, 6) is 0.274. The molecule has 3 rings (SSSR count). The van der Waals surface area contributed by atoms with Crippen molar-refractivity contribution in [3.05, 3.63) is 53.9 Å². The highest BCUT2D eigenvalue weighted by Crippen LogP contribution is 2.25. The fourth-order valence-electron chi connectivity index (χ4n) is 3.29. The van der Waals surface area contributed by atoms with Gasteiger partial charge in [0, 0.05) is 44.1 Å². The van der Waals surface area contributed by atoms with Crippen molar-refractivity contribution in [2.45, 2.75) is 38.5 Å². The number of likely N-dealkylation sites (tertiary alicyclic amines) is 1. The fraction of sp³-hybridized carbons (Fsp3) is 0.409. The van der Waals surface area contributed by atoms with Crippen LogP contribution >= 0.6 is 0 Å². The lowest BCUT2D eigenvalue weighted by Crippen LogP contribution is -2.42. The number of carbonyl (C=O) groups excluding carboxylic acids is 2. The molecule has 1 amide bonds. The Kier molecular flexibility index (Phi) is 7.14. The first-order chi connectivity index (χ1) is 14.7. The molecular weight excluding hydrogens is 413 g/mol. The number of benzene rings is 1. The van der Waals surface area contributed by atoms with Crippen LogP contribution in [0.3, 0.4) is 0 Å². The lowest BCUT2D eigenvalue weighted by atomic mass is 10.1. The summed E-state index contributed by atoms with van der Waals surface area (Å²) in [6.45, 7) is 1.04. The Balaban J connectivity index is 1.53. The Morgan fingerprint density at radius 2 is 1.77 bits per heavy atom. The third-order valence-electron chi connectivity index (χ3n) is 4.70. The minimum Gasteiger partial charge on any atom is -0.490 e. The molecule has 0 saturated carbocycles. The minimum atomic E-state index is -4.41. The molecule has 166 valence electrons. The van der Waals surface area contributed by atoms with E-state index in [1.54, 1.807) is 35.2 Å². The van der Waals surface area contributed by atoms with Crippen molar-refractivity contribution in [1.29, 1.82) is 0 Å². The zero-order chi connectivity index (χ0) is 22.4. The van der Waals surface area contributed by atoms with Gasteiger partial charge < -0.3 is 14.4 Å². The van der Waals surface area contributed by atoms with Gasteiger partial charge in [-0.1, -0.05) is 12.1 Å². The number of carbonyl (C=O) groups is 2. The van der Waals surface area contributed by atoms with Crippen molar-refractivity contribution in [1.82, 2.24) is 9.88 Å². The summed E-state index contributed by atoms with van der Waals surface area (Å²) in [6.07, 6.45) is -3.24. The summed E-state index contributed by atoms with van der Waals surface area (Å²) in [6, 6.07) is 11.1. The Bertz CT molecular complexity index is 925. The molecule has 9 heteroatoms. The molecule has 0 N–H and O–H groups in total. The molecule has 0 unspecified atom stereocenters. The van der Waals surface area contributed by atoms with Gasteiger partial charge in [-0.05, 0) is 31.2 Å². The van der Waals surface area contributed by atoms with Crippen molar-refractivity contribution in [2.24, 2.45) is 0 Å². The third kappa shape index (κ3) is 6.97. The monoisotopic (exact) mass is 436 g/mol. The van der Waals surface area contributed by atoms with Crippen LogP contribution in [0, 0.1) is 0 Å². The maximum Gasteiger partial charge on any atom is 0.422 e. The molecule has 6 nitrogen and oxygen atoms in total. The minimum absolute atomic E-state index is 0.0251. The molecule has 2 heterocycles. The number of pyridine rings is 1. The van der Waals surface area contributed by atoms with Crippen molar-refractivity contribution in [3.63, 3.8) is 0 Å². The summed E-state index contributed by atoms with van der Waals surface area (Å²) in [4.78, 5) is 30.0. The van der Waals surface area contributed by atoms with Crippen LogP contribution in [0.2, 0.25) is 0 Å². The maximum atomic E-state index is 12.7. The number of nitrogens with zero attached hydrogens (tertiary/aromatic N) is 2. The Morgan fingerprint density at radius 1 is 1.10 bits per heavy atom. The number of ketones is 1. The van der Waals surface area contributed by atoms with Crippen LogP contribution in [0.1, 0.15) is 35.9 Å². The Hall–Kier alpha value is -3.10. The number of piperidine rings is 1. The highest BCUT2D eigenvalue weighted by molar-refractivity contribution is 5.92. The van der Waals surface area contributed by atoms with E-state index in [0.717, 1.165) is 0 Å². The molecule has 0 radical (unpaired) electrons. The van der Waals surface area contributed by atoms with E-state index >= 15 is 0 Å². The zero-order valence-electron chi connectivity index (χ0n) is 17.0. The number of rotatable bonds is 7. The lowest BCUT2D eigenvalue weighted by Gasteiger charge is -2.32. The van der Waals surface area contributed by atoms with Crippen molar-refractivity contribution in [2.75, 3.05) is 19.7 Å². The van der Waals surface area contributed by atoms with E-state index in [1.165, 1.54) is 19.1 Å². The van der Waals surface area contributed by atoms with Gasteiger partial charge in [0.15, 0.2) is 6.61 Å². The summed E-state index contributed by atoms with van der Waals surface area (Å²) in [5, 5.41) is 0. The molecule has 0 atom stereocenters. The average Bonchev–Trinajstić information content (AvgIpc) is 2.72. The lowest BCUT2D eigenvalue weighted by molar-refractivity contribution is -0.153. The molecule has 1 aromatic carbocycles. The first-order valence-corrected chi connectivity index (χ1v) is 9.90. The second-order valence-corrected chi connectivity index (χ2v) is 7.38. The summed E-state index contributed by atoms with van der Waals surface area (Å²) >= 11 is 0. The van der Waals surface area contributed by atoms with E-state index in [9.17, 15) is 22.8 Å². The maximum absolute atomic E-state index is 12.7. The van der Waals surface area contributed by atoms with Gasteiger partial charge in [-0.15, -0.1) is 0 Å². The van der Waals surface area contributed by atoms with Gasteiger partial charge in [0.25, 0.3) is 5.91 Å². The number of hydrogen-bond donors (Lipinski definition) is 0. The fourth-order valence-corrected chi connectivity index (χ4v) is 3.29. The summed E-state index contributed by atoms with van der Waals surface area (Å²) in [5.41, 5.74) is 0.858. The first-order valence-electron chi connectivity index (χ1n) is 9.90. The van der Waals surface area contributed by atoms with Gasteiger partial charge in [-0.25, -0.2) is 4.98 Å². The predicted molar refractivity (Wildman–Crippen MR) is 106 cm³/mol. The van der Waals surface area contributed by atoms with Gasteiger partial charge in [0.2, 0.25) is 0 Å². The number of halogens is 3. The number of alkyl halides is 3. The van der Waals surface area contributed by atoms with Crippen LogP contribution in [0.5, 0.6) is 11.5 Å². The van der Waals surface area contributed by atoms with Crippen LogP contribution in [-0.2, 0) is 11.2 Å². The summed E-state index contributed by atoms with van der Waals surface area (Å²) < 4.78 is 47.5. The smallest absolute Gasteiger partial charge is 0.422 e. The van der Waals surface area contributed by atoms with Gasteiger partial charge in [-0.3, -0.25) is 9.59 Å². The Morgan fingerprint density at radius 3 is 2.45 bits per heavy atom. The molecule has 1 aromatic heterocycles. The van der Waals surface area contributed by atoms with Gasteiger partial charge in [0.1, 0.15) is 29.1 Å². The molecule has 1 fully saturated rings. The highest BCUT2D eigenvalue weighted by atomic mass is 19.4. The predicted octanol–water partition coefficient (Wildman–Crippen LogP) is 3.84. The van der Waals surface area contributed by atoms with Crippen LogP contribution in [-0.4, -0.2) is 53.6 Å². The van der Waals surface area contributed by atoms with Crippen LogP contribution in [0.25, 0.3) is 0 Å². The SMILES string of the molecule is CC(=O)Cc1cccc(C(=O)N2CCC(Oc3cccc(OCC(F)(F)F)c3)CC2)n1. The third-order valence-corrected chi connectivity index (χ3v) is 4.70. The number of Topliss-reactive ketones (excluding diaryl/α,β-unsaturated/α-hetero) is 1. The standard InChI is InChI=1S/C22H23F3N2O4/c1-15(28)12-16-4-2-7-20(26-16)21(29)27-10-8-17(9-11-27)31-19-6-3-5-18(13-19)30-14-22(23,24)25/h2-7,13,17H,8-12,14H2,1H3. The quantitative estimate of drug-likeness (QED) is 0.660. The van der Waals surface area contributed by atoms with Crippen molar-refractivity contribution in [3.8, 4) is 11.5 Å². The normalized spacial score (nSPS) is 14.9. The van der Waals surface area contributed by atoms with Gasteiger partial charge in [-0.2, -0.15) is 13.2 Å². The van der Waals surface area contributed by atoms with E-state index in [1.807, 2.05) is 0 Å². The zero-order valence-corrected chi connectivity index (χ0v) is 17.0. The molecular formula is C22H23F3N2O4. The second-order valence-electron chi connectivity index (χ2n) is 7.38. The Labute approximate surface area is 178 Å². The molecule has 1 aliphatic rings. The number of ether oxygens (including phenoxy) is 2. The molecule has 1 aliphatic heterocycles.